The zero-order valence-electron chi connectivity index (χ0n) is 22.3. The molecule has 0 aromatic heterocycles. The maximum atomic E-state index is 13.0. The Morgan fingerprint density at radius 1 is 0.919 bits per heavy atom. The van der Waals surface area contributed by atoms with Gasteiger partial charge in [-0.3, -0.25) is 4.79 Å². The summed E-state index contributed by atoms with van der Waals surface area (Å²) in [6.45, 7) is 6.76. The highest BCUT2D eigenvalue weighted by atomic mass is 16.5. The van der Waals surface area contributed by atoms with E-state index in [0.29, 0.717) is 12.1 Å². The number of methoxy groups -OCH3 is 1. The molecule has 1 heterocycles. The summed E-state index contributed by atoms with van der Waals surface area (Å²) in [7, 11) is 1.64. The lowest BCUT2D eigenvalue weighted by Gasteiger charge is -2.12. The Morgan fingerprint density at radius 3 is 2.16 bits per heavy atom. The number of carbonyl (C=O) groups is 1. The zero-order chi connectivity index (χ0) is 26.6. The van der Waals surface area contributed by atoms with Crippen LogP contribution in [-0.4, -0.2) is 23.7 Å². The average molecular weight is 499 g/mol. The molecule has 1 amide bonds. The van der Waals surface area contributed by atoms with Gasteiger partial charge in [0.2, 0.25) is 0 Å². The first-order valence-corrected chi connectivity index (χ1v) is 12.9. The van der Waals surface area contributed by atoms with Crippen LogP contribution in [0.15, 0.2) is 89.7 Å². The molecule has 3 aromatic carbocycles. The highest BCUT2D eigenvalue weighted by Crippen LogP contribution is 2.23. The van der Waals surface area contributed by atoms with Gasteiger partial charge in [0.25, 0.3) is 5.91 Å². The molecule has 0 saturated heterocycles. The molecule has 3 N–H and O–H groups in total. The maximum Gasteiger partial charge on any atom is 0.277 e. The number of nitrogen functional groups attached to an aromatic ring is 1. The third-order valence-electron chi connectivity index (χ3n) is 6.20. The predicted octanol–water partition coefficient (Wildman–Crippen LogP) is 6.58. The summed E-state index contributed by atoms with van der Waals surface area (Å²) >= 11 is 0. The number of nitrogens with one attached hydrogen (secondary N) is 1. The van der Waals surface area contributed by atoms with Crippen LogP contribution < -0.4 is 15.8 Å². The van der Waals surface area contributed by atoms with Crippen molar-refractivity contribution in [1.29, 1.82) is 0 Å². The van der Waals surface area contributed by atoms with Crippen LogP contribution in [0.1, 0.15) is 50.3 Å². The first kappa shape index (κ1) is 27.5. The first-order valence-electron chi connectivity index (χ1n) is 12.9. The van der Waals surface area contributed by atoms with E-state index in [9.17, 15) is 4.79 Å². The van der Waals surface area contributed by atoms with Gasteiger partial charge in [-0.1, -0.05) is 75.7 Å². The van der Waals surface area contributed by atoms with E-state index < -0.39 is 0 Å². The molecule has 0 spiro atoms. The van der Waals surface area contributed by atoms with Crippen LogP contribution in [0.25, 0.3) is 0 Å². The lowest BCUT2D eigenvalue weighted by molar-refractivity contribution is -0.126. The van der Waals surface area contributed by atoms with Crippen LogP contribution in [0.5, 0.6) is 5.75 Å². The van der Waals surface area contributed by atoms with Crippen molar-refractivity contribution in [3.63, 3.8) is 0 Å². The van der Waals surface area contributed by atoms with Gasteiger partial charge < -0.3 is 15.8 Å². The van der Waals surface area contributed by atoms with Crippen molar-refractivity contribution < 1.29 is 9.53 Å². The SMILES string of the molecule is CCCC1=NN(Cc2ccc(OC)cc2)C(=O)/C1=C\Nc1ccccc1CC.CCc1ccccc1N. The number of aryl methyl sites for hydroxylation is 2. The normalized spacial score (nSPS) is 13.7. The van der Waals surface area contributed by atoms with E-state index in [-0.39, 0.29) is 5.91 Å². The molecule has 0 bridgehead atoms. The van der Waals surface area contributed by atoms with Crippen molar-refractivity contribution in [2.45, 2.75) is 53.0 Å². The number of nitrogens with two attached hydrogens (primary N) is 1. The summed E-state index contributed by atoms with van der Waals surface area (Å²) in [5.41, 5.74) is 12.5. The zero-order valence-corrected chi connectivity index (χ0v) is 22.3. The highest BCUT2D eigenvalue weighted by Gasteiger charge is 2.29. The molecule has 1 aliphatic heterocycles. The van der Waals surface area contributed by atoms with Crippen molar-refractivity contribution in [2.75, 3.05) is 18.2 Å². The Kier molecular flexibility index (Phi) is 10.3. The number of anilines is 2. The molecule has 0 radical (unpaired) electrons. The largest absolute Gasteiger partial charge is 0.497 e. The molecule has 1 aliphatic rings. The third-order valence-corrected chi connectivity index (χ3v) is 6.20. The van der Waals surface area contributed by atoms with E-state index in [1.54, 1.807) is 18.3 Å². The van der Waals surface area contributed by atoms with Crippen LogP contribution in [0, 0.1) is 0 Å². The maximum absolute atomic E-state index is 13.0. The standard InChI is InChI=1S/C23H27N3O2.C8H11N/c1-4-8-22-20(15-24-21-10-7-6-9-18(21)5-2)23(27)26(25-22)16-17-11-13-19(28-3)14-12-17;1-2-7-5-3-4-6-8(7)9/h6-7,9-15,24H,4-5,8,16H2,1-3H3;3-6H,2,9H2,1H3/b20-15-;. The number of hydrogen-bond donors (Lipinski definition) is 2. The van der Waals surface area contributed by atoms with E-state index in [0.717, 1.165) is 54.1 Å². The van der Waals surface area contributed by atoms with E-state index in [1.807, 2.05) is 60.7 Å². The molecule has 0 aliphatic carbocycles. The molecular weight excluding hydrogens is 460 g/mol. The third kappa shape index (κ3) is 7.46. The van der Waals surface area contributed by atoms with Crippen LogP contribution in [0.4, 0.5) is 11.4 Å². The lowest BCUT2D eigenvalue weighted by Crippen LogP contribution is -2.22. The van der Waals surface area contributed by atoms with E-state index in [2.05, 4.69) is 43.3 Å². The molecule has 194 valence electrons. The molecule has 4 rings (SSSR count). The van der Waals surface area contributed by atoms with Crippen molar-refractivity contribution >= 4 is 23.0 Å². The quantitative estimate of drug-likeness (QED) is 0.258. The summed E-state index contributed by atoms with van der Waals surface area (Å²) < 4.78 is 5.19. The van der Waals surface area contributed by atoms with E-state index >= 15 is 0 Å². The predicted molar refractivity (Wildman–Crippen MR) is 154 cm³/mol. The van der Waals surface area contributed by atoms with Gasteiger partial charge in [-0.15, -0.1) is 0 Å². The summed E-state index contributed by atoms with van der Waals surface area (Å²) in [5, 5.41) is 9.46. The molecule has 6 nitrogen and oxygen atoms in total. The fraction of sp³-hybridized carbons (Fsp3) is 0.290. The second kappa shape index (κ2) is 13.9. The minimum absolute atomic E-state index is 0.0688. The van der Waals surface area contributed by atoms with Gasteiger partial charge in [-0.05, 0) is 60.2 Å². The molecule has 0 atom stereocenters. The Hall–Kier alpha value is -4.06. The molecule has 6 heteroatoms. The van der Waals surface area contributed by atoms with Crippen molar-refractivity contribution in [3.8, 4) is 5.75 Å². The Bertz CT molecular complexity index is 1230. The second-order valence-corrected chi connectivity index (χ2v) is 8.77. The van der Waals surface area contributed by atoms with Crippen molar-refractivity contribution in [3.05, 3.63) is 101 Å². The number of para-hydroxylation sites is 2. The second-order valence-electron chi connectivity index (χ2n) is 8.77. The summed E-state index contributed by atoms with van der Waals surface area (Å²) in [6, 6.07) is 23.8. The molecule has 37 heavy (non-hydrogen) atoms. The van der Waals surface area contributed by atoms with E-state index in [4.69, 9.17) is 10.5 Å². The Balaban J connectivity index is 0.000000356. The van der Waals surface area contributed by atoms with Crippen LogP contribution in [0.3, 0.4) is 0 Å². The fourth-order valence-corrected chi connectivity index (χ4v) is 4.06. The topological polar surface area (TPSA) is 80.0 Å². The van der Waals surface area contributed by atoms with Gasteiger partial charge in [-0.25, -0.2) is 5.01 Å². The van der Waals surface area contributed by atoms with Gasteiger partial charge in [0, 0.05) is 17.6 Å². The molecule has 0 unspecified atom stereocenters. The smallest absolute Gasteiger partial charge is 0.277 e. The number of ether oxygens (including phenoxy) is 1. The van der Waals surface area contributed by atoms with Gasteiger partial charge >= 0.3 is 0 Å². The summed E-state index contributed by atoms with van der Waals surface area (Å²) in [6.07, 6.45) is 5.46. The lowest BCUT2D eigenvalue weighted by atomic mass is 10.1. The number of amides is 1. The molecular formula is C31H38N4O2. The molecule has 3 aromatic rings. The minimum atomic E-state index is -0.0688. The van der Waals surface area contributed by atoms with Gasteiger partial charge in [0.1, 0.15) is 5.75 Å². The first-order chi connectivity index (χ1) is 18.0. The summed E-state index contributed by atoms with van der Waals surface area (Å²) in [5.74, 6) is 0.729. The van der Waals surface area contributed by atoms with Crippen LogP contribution >= 0.6 is 0 Å². The molecule has 0 saturated carbocycles. The summed E-state index contributed by atoms with van der Waals surface area (Å²) in [4.78, 5) is 13.0. The fourth-order valence-electron chi connectivity index (χ4n) is 4.06. The minimum Gasteiger partial charge on any atom is -0.497 e. The van der Waals surface area contributed by atoms with Crippen LogP contribution in [-0.2, 0) is 24.2 Å². The van der Waals surface area contributed by atoms with Crippen molar-refractivity contribution in [1.82, 2.24) is 5.01 Å². The highest BCUT2D eigenvalue weighted by molar-refractivity contribution is 6.24. The number of nitrogens with zero attached hydrogens (tertiary/aromatic N) is 2. The number of hydrazone groups is 1. The average Bonchev–Trinajstić information content (AvgIpc) is 3.22. The Morgan fingerprint density at radius 2 is 1.57 bits per heavy atom. The van der Waals surface area contributed by atoms with Gasteiger partial charge in [-0.2, -0.15) is 5.10 Å². The Labute approximate surface area is 220 Å². The number of hydrogen-bond acceptors (Lipinski definition) is 5. The number of rotatable bonds is 9. The van der Waals surface area contributed by atoms with E-state index in [1.165, 1.54) is 11.1 Å². The van der Waals surface area contributed by atoms with Gasteiger partial charge in [0.15, 0.2) is 0 Å². The number of carbonyl (C=O) groups excluding carboxylic acids is 1. The number of benzene rings is 3. The van der Waals surface area contributed by atoms with Crippen molar-refractivity contribution in [2.24, 2.45) is 5.10 Å². The monoisotopic (exact) mass is 498 g/mol. The van der Waals surface area contributed by atoms with Gasteiger partial charge in [0.05, 0.1) is 24.9 Å². The van der Waals surface area contributed by atoms with Crippen LogP contribution in [0.2, 0.25) is 0 Å². The molecule has 0 fully saturated rings.